The van der Waals surface area contributed by atoms with E-state index >= 15 is 0 Å². The van der Waals surface area contributed by atoms with Crippen LogP contribution in [0.3, 0.4) is 0 Å². The Morgan fingerprint density at radius 3 is 2.50 bits per heavy atom. The predicted molar refractivity (Wildman–Crippen MR) is 69.4 cm³/mol. The number of urea groups is 1. The van der Waals surface area contributed by atoms with E-state index in [0.29, 0.717) is 0 Å². The summed E-state index contributed by atoms with van der Waals surface area (Å²) in [7, 11) is 0. The van der Waals surface area contributed by atoms with Crippen molar-refractivity contribution in [3.05, 3.63) is 29.8 Å². The lowest BCUT2D eigenvalue weighted by Crippen LogP contribution is -2.43. The number of aliphatic carboxylic acids is 1. The molecule has 0 radical (unpaired) electrons. The van der Waals surface area contributed by atoms with Crippen LogP contribution in [0.2, 0.25) is 0 Å². The molecule has 3 N–H and O–H groups in total. The molecule has 0 aliphatic heterocycles. The molecule has 0 aromatic heterocycles. The van der Waals surface area contributed by atoms with Crippen molar-refractivity contribution in [3.8, 4) is 0 Å². The van der Waals surface area contributed by atoms with Gasteiger partial charge in [0, 0.05) is 0 Å². The van der Waals surface area contributed by atoms with E-state index in [1.807, 2.05) is 13.8 Å². The first-order chi connectivity index (χ1) is 9.31. The second-order valence-corrected chi connectivity index (χ2v) is 4.72. The fraction of sp³-hybridized carbons (Fsp3) is 0.385. The third-order valence-electron chi connectivity index (χ3n) is 2.51. The lowest BCUT2D eigenvalue weighted by atomic mass is 10.0. The van der Waals surface area contributed by atoms with Gasteiger partial charge in [0.25, 0.3) is 0 Å². The summed E-state index contributed by atoms with van der Waals surface area (Å²) in [5.41, 5.74) is -0.351. The molecule has 0 saturated heterocycles. The highest BCUT2D eigenvalue weighted by atomic mass is 19.2. The van der Waals surface area contributed by atoms with E-state index in [2.05, 4.69) is 10.6 Å². The minimum Gasteiger partial charge on any atom is -0.480 e. The highest BCUT2D eigenvalue weighted by molar-refractivity contribution is 5.92. The van der Waals surface area contributed by atoms with Crippen molar-refractivity contribution < 1.29 is 23.5 Å². The molecule has 0 fully saturated rings. The first-order valence-electron chi connectivity index (χ1n) is 6.05. The van der Waals surface area contributed by atoms with Crippen molar-refractivity contribution in [3.63, 3.8) is 0 Å². The molecule has 0 unspecified atom stereocenters. The van der Waals surface area contributed by atoms with Crippen molar-refractivity contribution >= 4 is 17.7 Å². The van der Waals surface area contributed by atoms with Crippen molar-refractivity contribution in [1.82, 2.24) is 5.32 Å². The first kappa shape index (κ1) is 15.9. The average molecular weight is 286 g/mol. The van der Waals surface area contributed by atoms with Crippen LogP contribution in [0.25, 0.3) is 0 Å². The van der Waals surface area contributed by atoms with Gasteiger partial charge in [0.1, 0.15) is 6.04 Å². The molecule has 110 valence electrons. The summed E-state index contributed by atoms with van der Waals surface area (Å²) >= 11 is 0. The Morgan fingerprint density at radius 2 is 1.95 bits per heavy atom. The van der Waals surface area contributed by atoms with Crippen LogP contribution in [0.4, 0.5) is 19.3 Å². The van der Waals surface area contributed by atoms with Gasteiger partial charge in [0.15, 0.2) is 11.6 Å². The van der Waals surface area contributed by atoms with Gasteiger partial charge in [-0.1, -0.05) is 19.9 Å². The second kappa shape index (κ2) is 6.83. The highest BCUT2D eigenvalue weighted by Crippen LogP contribution is 2.16. The molecule has 7 heteroatoms. The second-order valence-electron chi connectivity index (χ2n) is 4.72. The molecule has 0 aliphatic rings. The standard InChI is InChI=1S/C13H16F2N2O3/c1-7(2)6-10(12(18)19)17-13(20)16-9-5-3-4-8(14)11(9)15/h3-5,7,10H,6H2,1-2H3,(H,18,19)(H2,16,17,20)/t10-/m1/s1. The number of anilines is 1. The number of nitrogens with one attached hydrogen (secondary N) is 2. The van der Waals surface area contributed by atoms with E-state index in [0.717, 1.165) is 6.07 Å². The van der Waals surface area contributed by atoms with Gasteiger partial charge in [-0.05, 0) is 24.5 Å². The predicted octanol–water partition coefficient (Wildman–Crippen LogP) is 2.59. The quantitative estimate of drug-likeness (QED) is 0.778. The van der Waals surface area contributed by atoms with Crippen LogP contribution in [-0.2, 0) is 4.79 Å². The SMILES string of the molecule is CC(C)C[C@@H](NC(=O)Nc1cccc(F)c1F)C(=O)O. The van der Waals surface area contributed by atoms with Crippen LogP contribution in [0.5, 0.6) is 0 Å². The number of carboxylic acid groups (broad SMARTS) is 1. The summed E-state index contributed by atoms with van der Waals surface area (Å²) < 4.78 is 26.3. The third-order valence-corrected chi connectivity index (χ3v) is 2.51. The lowest BCUT2D eigenvalue weighted by Gasteiger charge is -2.17. The van der Waals surface area contributed by atoms with Crippen LogP contribution in [-0.4, -0.2) is 23.1 Å². The van der Waals surface area contributed by atoms with Crippen molar-refractivity contribution in [1.29, 1.82) is 0 Å². The maximum Gasteiger partial charge on any atom is 0.326 e. The molecule has 0 spiro atoms. The zero-order valence-electron chi connectivity index (χ0n) is 11.1. The van der Waals surface area contributed by atoms with Gasteiger partial charge in [-0.3, -0.25) is 0 Å². The summed E-state index contributed by atoms with van der Waals surface area (Å²) in [5, 5.41) is 13.2. The third kappa shape index (κ3) is 4.49. The Morgan fingerprint density at radius 1 is 1.30 bits per heavy atom. The Balaban J connectivity index is 2.71. The van der Waals surface area contributed by atoms with Crippen LogP contribution < -0.4 is 10.6 Å². The van der Waals surface area contributed by atoms with Crippen LogP contribution >= 0.6 is 0 Å². The normalized spacial score (nSPS) is 12.1. The molecule has 2 amide bonds. The van der Waals surface area contributed by atoms with Gasteiger partial charge in [-0.15, -0.1) is 0 Å². The first-order valence-corrected chi connectivity index (χ1v) is 6.05. The Labute approximate surface area is 115 Å². The Bertz CT molecular complexity index is 506. The number of benzene rings is 1. The zero-order chi connectivity index (χ0) is 15.3. The smallest absolute Gasteiger partial charge is 0.326 e. The van der Waals surface area contributed by atoms with Gasteiger partial charge in [0.05, 0.1) is 5.69 Å². The number of hydrogen-bond donors (Lipinski definition) is 3. The molecule has 20 heavy (non-hydrogen) atoms. The van der Waals surface area contributed by atoms with Crippen LogP contribution in [0.15, 0.2) is 18.2 Å². The summed E-state index contributed by atoms with van der Waals surface area (Å²) in [6, 6.07) is 1.33. The number of hydrogen-bond acceptors (Lipinski definition) is 2. The summed E-state index contributed by atoms with van der Waals surface area (Å²) in [6.07, 6.45) is 0.231. The Hall–Kier alpha value is -2.18. The number of halogens is 2. The van der Waals surface area contributed by atoms with E-state index in [9.17, 15) is 18.4 Å². The fourth-order valence-corrected chi connectivity index (χ4v) is 1.61. The van der Waals surface area contributed by atoms with E-state index < -0.39 is 29.7 Å². The summed E-state index contributed by atoms with van der Waals surface area (Å²) in [4.78, 5) is 22.6. The summed E-state index contributed by atoms with van der Waals surface area (Å²) in [6.45, 7) is 3.61. The van der Waals surface area contributed by atoms with Crippen molar-refractivity contribution in [2.24, 2.45) is 5.92 Å². The van der Waals surface area contributed by atoms with Crippen molar-refractivity contribution in [2.45, 2.75) is 26.3 Å². The van der Waals surface area contributed by atoms with Gasteiger partial charge in [-0.25, -0.2) is 18.4 Å². The highest BCUT2D eigenvalue weighted by Gasteiger charge is 2.21. The lowest BCUT2D eigenvalue weighted by molar-refractivity contribution is -0.139. The van der Waals surface area contributed by atoms with Gasteiger partial charge in [0.2, 0.25) is 0 Å². The van der Waals surface area contributed by atoms with Crippen LogP contribution in [0.1, 0.15) is 20.3 Å². The fourth-order valence-electron chi connectivity index (χ4n) is 1.61. The molecule has 1 atom stereocenters. The summed E-state index contributed by atoms with van der Waals surface area (Å²) in [5.74, 6) is -3.42. The molecule has 1 rings (SSSR count). The van der Waals surface area contributed by atoms with Crippen molar-refractivity contribution in [2.75, 3.05) is 5.32 Å². The molecule has 0 aliphatic carbocycles. The molecule has 0 bridgehead atoms. The van der Waals surface area contributed by atoms with E-state index in [1.165, 1.54) is 12.1 Å². The number of amides is 2. The van der Waals surface area contributed by atoms with Crippen LogP contribution in [0, 0.1) is 17.6 Å². The molecule has 1 aromatic carbocycles. The molecule has 0 saturated carbocycles. The van der Waals surface area contributed by atoms with E-state index in [4.69, 9.17) is 5.11 Å². The minimum absolute atomic E-state index is 0.0577. The molecular weight excluding hydrogens is 270 g/mol. The zero-order valence-corrected chi connectivity index (χ0v) is 11.1. The maximum absolute atomic E-state index is 13.3. The van der Waals surface area contributed by atoms with Gasteiger partial charge < -0.3 is 15.7 Å². The monoisotopic (exact) mass is 286 g/mol. The Kier molecular flexibility index (Phi) is 5.42. The average Bonchev–Trinajstić information content (AvgIpc) is 2.33. The minimum atomic E-state index is -1.20. The van der Waals surface area contributed by atoms with Gasteiger partial charge in [-0.2, -0.15) is 0 Å². The number of rotatable bonds is 5. The number of carboxylic acids is 1. The van der Waals surface area contributed by atoms with E-state index in [-0.39, 0.29) is 18.0 Å². The number of carbonyl (C=O) groups excluding carboxylic acids is 1. The molecule has 5 nitrogen and oxygen atoms in total. The molecule has 0 heterocycles. The molecule has 1 aromatic rings. The largest absolute Gasteiger partial charge is 0.480 e. The van der Waals surface area contributed by atoms with Gasteiger partial charge >= 0.3 is 12.0 Å². The number of carbonyl (C=O) groups is 2. The molecular formula is C13H16F2N2O3. The van der Waals surface area contributed by atoms with E-state index in [1.54, 1.807) is 0 Å². The topological polar surface area (TPSA) is 78.4 Å². The maximum atomic E-state index is 13.3.